The lowest BCUT2D eigenvalue weighted by atomic mass is 9.87. The summed E-state index contributed by atoms with van der Waals surface area (Å²) in [6, 6.07) is 9.69. The van der Waals surface area contributed by atoms with Gasteiger partial charge in [0.1, 0.15) is 0 Å². The first-order chi connectivity index (χ1) is 9.96. The van der Waals surface area contributed by atoms with Crippen molar-refractivity contribution >= 4 is 10.0 Å². The van der Waals surface area contributed by atoms with Crippen LogP contribution in [0.2, 0.25) is 0 Å². The van der Waals surface area contributed by atoms with E-state index in [1.165, 1.54) is 0 Å². The van der Waals surface area contributed by atoms with Crippen molar-refractivity contribution in [1.82, 2.24) is 4.72 Å². The van der Waals surface area contributed by atoms with Crippen molar-refractivity contribution in [3.05, 3.63) is 35.9 Å². The van der Waals surface area contributed by atoms with Gasteiger partial charge in [-0.05, 0) is 36.7 Å². The fourth-order valence-corrected chi connectivity index (χ4v) is 4.42. The predicted molar refractivity (Wildman–Crippen MR) is 84.6 cm³/mol. The highest BCUT2D eigenvalue weighted by Crippen LogP contribution is 2.24. The summed E-state index contributed by atoms with van der Waals surface area (Å²) in [6.45, 7) is 2.37. The summed E-state index contributed by atoms with van der Waals surface area (Å²) in [7, 11) is -3.28. The summed E-state index contributed by atoms with van der Waals surface area (Å²) in [5, 5.41) is 9.63. The van der Waals surface area contributed by atoms with Crippen LogP contribution in [0.15, 0.2) is 30.3 Å². The molecule has 0 amide bonds. The average Bonchev–Trinajstić information content (AvgIpc) is 2.46. The fraction of sp³-hybridized carbons (Fsp3) is 0.625. The van der Waals surface area contributed by atoms with Crippen LogP contribution in [-0.2, 0) is 10.0 Å². The lowest BCUT2D eigenvalue weighted by molar-refractivity contribution is 0.102. The van der Waals surface area contributed by atoms with E-state index >= 15 is 0 Å². The molecule has 4 nitrogen and oxygen atoms in total. The van der Waals surface area contributed by atoms with E-state index in [0.29, 0.717) is 13.0 Å². The minimum Gasteiger partial charge on any atom is -0.393 e. The van der Waals surface area contributed by atoms with Crippen molar-refractivity contribution in [3.63, 3.8) is 0 Å². The Morgan fingerprint density at radius 3 is 2.67 bits per heavy atom. The van der Waals surface area contributed by atoms with Gasteiger partial charge >= 0.3 is 0 Å². The molecule has 1 aromatic rings. The lowest BCUT2D eigenvalue weighted by Gasteiger charge is -2.26. The number of hydrogen-bond donors (Lipinski definition) is 2. The summed E-state index contributed by atoms with van der Waals surface area (Å²) in [4.78, 5) is 0. The second kappa shape index (κ2) is 7.38. The number of nitrogens with one attached hydrogen (secondary N) is 1. The molecule has 3 unspecified atom stereocenters. The van der Waals surface area contributed by atoms with Gasteiger partial charge in [0.15, 0.2) is 0 Å². The third kappa shape index (κ3) is 5.41. The van der Waals surface area contributed by atoms with Crippen molar-refractivity contribution in [2.24, 2.45) is 5.92 Å². The molecule has 118 valence electrons. The molecule has 3 atom stereocenters. The number of hydrogen-bond acceptors (Lipinski definition) is 3. The van der Waals surface area contributed by atoms with Crippen LogP contribution in [0.1, 0.15) is 44.1 Å². The first-order valence-corrected chi connectivity index (χ1v) is 9.32. The largest absolute Gasteiger partial charge is 0.393 e. The number of aliphatic hydroxyl groups excluding tert-OH is 1. The summed E-state index contributed by atoms with van der Waals surface area (Å²) >= 11 is 0. The molecule has 1 fully saturated rings. The van der Waals surface area contributed by atoms with Crippen LogP contribution in [0.4, 0.5) is 0 Å². The maximum atomic E-state index is 12.2. The highest BCUT2D eigenvalue weighted by molar-refractivity contribution is 7.89. The summed E-state index contributed by atoms with van der Waals surface area (Å²) < 4.78 is 27.0. The molecule has 0 saturated heterocycles. The Kier molecular flexibility index (Phi) is 5.79. The molecule has 0 bridgehead atoms. The summed E-state index contributed by atoms with van der Waals surface area (Å²) in [6.07, 6.45) is 3.25. The highest BCUT2D eigenvalue weighted by Gasteiger charge is 2.23. The number of benzene rings is 1. The van der Waals surface area contributed by atoms with Crippen LogP contribution in [0, 0.1) is 5.92 Å². The maximum absolute atomic E-state index is 12.2. The molecular weight excluding hydrogens is 286 g/mol. The number of sulfonamides is 1. The van der Waals surface area contributed by atoms with Crippen molar-refractivity contribution < 1.29 is 13.5 Å². The standard InChI is InChI=1S/C16H25NO3S/c1-13(15-7-3-2-4-8-15)12-21(19,20)17-11-14-6-5-9-16(18)10-14/h2-4,7-8,13-14,16-18H,5-6,9-12H2,1H3. The minimum atomic E-state index is -3.28. The number of rotatable bonds is 6. The van der Waals surface area contributed by atoms with Gasteiger partial charge in [-0.25, -0.2) is 13.1 Å². The Balaban J connectivity index is 1.84. The smallest absolute Gasteiger partial charge is 0.212 e. The monoisotopic (exact) mass is 311 g/mol. The second-order valence-electron chi connectivity index (χ2n) is 6.13. The average molecular weight is 311 g/mol. The third-order valence-corrected chi connectivity index (χ3v) is 5.73. The molecule has 2 N–H and O–H groups in total. The zero-order chi connectivity index (χ0) is 15.3. The molecule has 1 saturated carbocycles. The Labute approximate surface area is 127 Å². The van der Waals surface area contributed by atoms with Crippen LogP contribution in [0.5, 0.6) is 0 Å². The molecule has 0 aliphatic heterocycles. The van der Waals surface area contributed by atoms with Crippen LogP contribution < -0.4 is 4.72 Å². The first kappa shape index (κ1) is 16.5. The molecule has 1 aliphatic rings. The third-order valence-electron chi connectivity index (χ3n) is 4.19. The van der Waals surface area contributed by atoms with Crippen LogP contribution in [0.25, 0.3) is 0 Å². The zero-order valence-corrected chi connectivity index (χ0v) is 13.3. The molecule has 21 heavy (non-hydrogen) atoms. The van der Waals surface area contributed by atoms with Crippen LogP contribution >= 0.6 is 0 Å². The normalized spacial score (nSPS) is 24.7. The van der Waals surface area contributed by atoms with E-state index < -0.39 is 10.0 Å². The molecule has 2 rings (SSSR count). The molecule has 0 heterocycles. The maximum Gasteiger partial charge on any atom is 0.212 e. The van der Waals surface area contributed by atoms with Gasteiger partial charge in [-0.15, -0.1) is 0 Å². The Bertz CT molecular complexity index is 530. The first-order valence-electron chi connectivity index (χ1n) is 7.66. The molecular formula is C16H25NO3S. The van der Waals surface area contributed by atoms with Gasteiger partial charge in [0.2, 0.25) is 10.0 Å². The highest BCUT2D eigenvalue weighted by atomic mass is 32.2. The molecule has 1 aliphatic carbocycles. The van der Waals surface area contributed by atoms with Gasteiger partial charge in [-0.2, -0.15) is 0 Å². The minimum absolute atomic E-state index is 0.0272. The van der Waals surface area contributed by atoms with E-state index in [-0.39, 0.29) is 23.7 Å². The molecule has 0 aromatic heterocycles. The zero-order valence-electron chi connectivity index (χ0n) is 12.5. The quantitative estimate of drug-likeness (QED) is 0.847. The topological polar surface area (TPSA) is 66.4 Å². The Morgan fingerprint density at radius 1 is 1.29 bits per heavy atom. The predicted octanol–water partition coefficient (Wildman–Crippen LogP) is 2.26. The Morgan fingerprint density at radius 2 is 2.00 bits per heavy atom. The summed E-state index contributed by atoms with van der Waals surface area (Å²) in [5.74, 6) is 0.336. The molecule has 5 heteroatoms. The number of aliphatic hydroxyl groups is 1. The van der Waals surface area contributed by atoms with Gasteiger partial charge < -0.3 is 5.11 Å². The van der Waals surface area contributed by atoms with E-state index in [0.717, 1.165) is 24.8 Å². The summed E-state index contributed by atoms with van der Waals surface area (Å²) in [5.41, 5.74) is 1.04. The SMILES string of the molecule is CC(CS(=O)(=O)NCC1CCCC(O)C1)c1ccccc1. The second-order valence-corrected chi connectivity index (χ2v) is 7.98. The van der Waals surface area contributed by atoms with E-state index in [1.807, 2.05) is 37.3 Å². The van der Waals surface area contributed by atoms with E-state index in [9.17, 15) is 13.5 Å². The van der Waals surface area contributed by atoms with Crippen molar-refractivity contribution in [2.45, 2.75) is 44.6 Å². The van der Waals surface area contributed by atoms with Crippen LogP contribution in [-0.4, -0.2) is 31.9 Å². The van der Waals surface area contributed by atoms with E-state index in [2.05, 4.69) is 4.72 Å². The van der Waals surface area contributed by atoms with Crippen molar-refractivity contribution in [2.75, 3.05) is 12.3 Å². The van der Waals surface area contributed by atoms with Gasteiger partial charge in [0.25, 0.3) is 0 Å². The van der Waals surface area contributed by atoms with Crippen molar-refractivity contribution in [3.8, 4) is 0 Å². The lowest BCUT2D eigenvalue weighted by Crippen LogP contribution is -2.35. The Hall–Kier alpha value is -0.910. The van der Waals surface area contributed by atoms with Gasteiger partial charge in [-0.1, -0.05) is 43.7 Å². The van der Waals surface area contributed by atoms with E-state index in [1.54, 1.807) is 0 Å². The van der Waals surface area contributed by atoms with Gasteiger partial charge in [-0.3, -0.25) is 0 Å². The van der Waals surface area contributed by atoms with Crippen LogP contribution in [0.3, 0.4) is 0 Å². The van der Waals surface area contributed by atoms with Gasteiger partial charge in [0, 0.05) is 6.54 Å². The molecule has 0 radical (unpaired) electrons. The van der Waals surface area contributed by atoms with Crippen molar-refractivity contribution in [1.29, 1.82) is 0 Å². The molecule has 0 spiro atoms. The fourth-order valence-electron chi connectivity index (χ4n) is 2.96. The van der Waals surface area contributed by atoms with Gasteiger partial charge in [0.05, 0.1) is 11.9 Å². The molecule has 1 aromatic carbocycles. The van der Waals surface area contributed by atoms with E-state index in [4.69, 9.17) is 0 Å².